The Kier molecular flexibility index (Phi) is 3.88. The Balaban J connectivity index is 2.40. The van der Waals surface area contributed by atoms with Gasteiger partial charge in [-0.05, 0) is 36.9 Å². The number of nitrogens with zero attached hydrogens (tertiary/aromatic N) is 1. The normalized spacial score (nSPS) is 11.5. The highest BCUT2D eigenvalue weighted by Crippen LogP contribution is 2.28. The Morgan fingerprint density at radius 3 is 2.79 bits per heavy atom. The van der Waals surface area contributed by atoms with Crippen LogP contribution in [0.1, 0.15) is 16.1 Å². The van der Waals surface area contributed by atoms with Gasteiger partial charge in [-0.3, -0.25) is 9.71 Å². The number of rotatable bonds is 4. The van der Waals surface area contributed by atoms with Gasteiger partial charge >= 0.3 is 0 Å². The third kappa shape index (κ3) is 2.94. The van der Waals surface area contributed by atoms with E-state index >= 15 is 0 Å². The van der Waals surface area contributed by atoms with Gasteiger partial charge in [0.05, 0.1) is 5.69 Å². The molecule has 0 bridgehead atoms. The third-order valence-corrected chi connectivity index (χ3v) is 5.46. The average Bonchev–Trinajstić information content (AvgIpc) is 2.70. The van der Waals surface area contributed by atoms with E-state index in [1.807, 2.05) is 0 Å². The molecule has 0 fully saturated rings. The number of hydrogen-bond acceptors (Lipinski definition) is 5. The molecule has 102 valence electrons. The zero-order valence-electron chi connectivity index (χ0n) is 10.7. The van der Waals surface area contributed by atoms with Gasteiger partial charge in [0.2, 0.25) is 0 Å². The highest BCUT2D eigenvalue weighted by Gasteiger charge is 2.22. The largest absolute Gasteiger partial charge is 0.326 e. The molecule has 2 rings (SSSR count). The van der Waals surface area contributed by atoms with Crippen LogP contribution in [0.25, 0.3) is 0 Å². The number of aryl methyl sites for hydroxylation is 2. The first-order valence-corrected chi connectivity index (χ1v) is 8.03. The molecule has 2 aromatic heterocycles. The molecule has 0 unspecified atom stereocenters. The zero-order valence-corrected chi connectivity index (χ0v) is 12.3. The number of aromatic nitrogens is 1. The molecule has 2 aromatic rings. The Morgan fingerprint density at radius 2 is 2.16 bits per heavy atom. The zero-order chi connectivity index (χ0) is 14.0. The minimum Gasteiger partial charge on any atom is -0.326 e. The van der Waals surface area contributed by atoms with Gasteiger partial charge in [-0.25, -0.2) is 8.42 Å². The van der Waals surface area contributed by atoms with Crippen LogP contribution in [0.3, 0.4) is 0 Å². The topological polar surface area (TPSA) is 85.1 Å². The molecular formula is C12H15N3O2S2. The van der Waals surface area contributed by atoms with Crippen molar-refractivity contribution >= 4 is 27.0 Å². The van der Waals surface area contributed by atoms with Gasteiger partial charge in [-0.1, -0.05) is 0 Å². The Hall–Kier alpha value is -1.44. The summed E-state index contributed by atoms with van der Waals surface area (Å²) in [6, 6.07) is 3.30. The molecule has 2 heterocycles. The lowest BCUT2D eigenvalue weighted by atomic mass is 10.3. The van der Waals surface area contributed by atoms with Crippen LogP contribution in [0, 0.1) is 13.8 Å². The summed E-state index contributed by atoms with van der Waals surface area (Å²) >= 11 is 1.36. The second kappa shape index (κ2) is 5.28. The average molecular weight is 297 g/mol. The quantitative estimate of drug-likeness (QED) is 0.904. The summed E-state index contributed by atoms with van der Waals surface area (Å²) in [6.45, 7) is 3.78. The van der Waals surface area contributed by atoms with E-state index in [0.29, 0.717) is 16.1 Å². The van der Waals surface area contributed by atoms with Crippen LogP contribution >= 0.6 is 11.3 Å². The van der Waals surface area contributed by atoms with Crippen molar-refractivity contribution in [3.05, 3.63) is 39.8 Å². The third-order valence-electron chi connectivity index (χ3n) is 2.59. The summed E-state index contributed by atoms with van der Waals surface area (Å²) in [7, 11) is -3.61. The van der Waals surface area contributed by atoms with Crippen LogP contribution in [0.5, 0.6) is 0 Å². The first-order chi connectivity index (χ1) is 8.94. The molecule has 3 N–H and O–H groups in total. The number of nitrogens with one attached hydrogen (secondary N) is 1. The first kappa shape index (κ1) is 14.0. The number of sulfonamides is 1. The number of thiophene rings is 1. The monoisotopic (exact) mass is 297 g/mol. The summed E-state index contributed by atoms with van der Waals surface area (Å²) in [4.78, 5) is 4.98. The van der Waals surface area contributed by atoms with E-state index in [1.165, 1.54) is 11.3 Å². The second-order valence-corrected chi connectivity index (χ2v) is 6.75. The minimum absolute atomic E-state index is 0.212. The molecule has 0 spiro atoms. The van der Waals surface area contributed by atoms with E-state index in [9.17, 15) is 8.42 Å². The smallest absolute Gasteiger partial charge is 0.263 e. The van der Waals surface area contributed by atoms with Gasteiger partial charge in [-0.2, -0.15) is 0 Å². The van der Waals surface area contributed by atoms with Gasteiger partial charge in [-0.15, -0.1) is 11.3 Å². The molecule has 0 aliphatic rings. The van der Waals surface area contributed by atoms with Crippen LogP contribution in [-0.2, 0) is 16.6 Å². The fourth-order valence-electron chi connectivity index (χ4n) is 1.80. The van der Waals surface area contributed by atoms with Gasteiger partial charge in [0, 0.05) is 23.3 Å². The van der Waals surface area contributed by atoms with E-state index < -0.39 is 10.0 Å². The van der Waals surface area contributed by atoms with Gasteiger partial charge in [0.1, 0.15) is 4.90 Å². The van der Waals surface area contributed by atoms with Crippen molar-refractivity contribution in [3.8, 4) is 0 Å². The van der Waals surface area contributed by atoms with Gasteiger partial charge in [0.15, 0.2) is 0 Å². The number of hydrogen-bond donors (Lipinski definition) is 2. The summed E-state index contributed by atoms with van der Waals surface area (Å²) < 4.78 is 27.3. The van der Waals surface area contributed by atoms with Crippen molar-refractivity contribution in [3.63, 3.8) is 0 Å². The highest BCUT2D eigenvalue weighted by atomic mass is 32.2. The predicted octanol–water partition coefficient (Wildman–Crippen LogP) is 2.02. The van der Waals surface area contributed by atoms with Crippen molar-refractivity contribution in [1.82, 2.24) is 4.98 Å². The lowest BCUT2D eigenvalue weighted by Gasteiger charge is -2.09. The summed E-state index contributed by atoms with van der Waals surface area (Å²) in [5.41, 5.74) is 7.55. The van der Waals surface area contributed by atoms with Crippen LogP contribution in [-0.4, -0.2) is 13.4 Å². The fraction of sp³-hybridized carbons (Fsp3) is 0.250. The number of pyridine rings is 1. The maximum atomic E-state index is 12.4. The van der Waals surface area contributed by atoms with E-state index in [-0.39, 0.29) is 11.4 Å². The summed E-state index contributed by atoms with van der Waals surface area (Å²) in [6.07, 6.45) is 1.57. The van der Waals surface area contributed by atoms with E-state index in [4.69, 9.17) is 5.73 Å². The van der Waals surface area contributed by atoms with Crippen LogP contribution in [0.15, 0.2) is 28.6 Å². The SMILES string of the molecule is Cc1cc(NS(=O)(=O)c2c(C)csc2CN)ccn1. The lowest BCUT2D eigenvalue weighted by Crippen LogP contribution is -2.16. The molecule has 5 nitrogen and oxygen atoms in total. The van der Waals surface area contributed by atoms with E-state index in [0.717, 1.165) is 5.69 Å². The Morgan fingerprint density at radius 1 is 1.42 bits per heavy atom. The Labute approximate surface area is 116 Å². The minimum atomic E-state index is -3.61. The standard InChI is InChI=1S/C12H15N3O2S2/c1-8-7-18-11(6-13)12(8)19(16,17)15-10-3-4-14-9(2)5-10/h3-5,7H,6,13H2,1-2H3,(H,14,15). The predicted molar refractivity (Wildman–Crippen MR) is 76.7 cm³/mol. The highest BCUT2D eigenvalue weighted by molar-refractivity contribution is 7.93. The first-order valence-electron chi connectivity index (χ1n) is 5.66. The van der Waals surface area contributed by atoms with Crippen molar-refractivity contribution in [2.45, 2.75) is 25.3 Å². The molecule has 0 aliphatic carbocycles. The van der Waals surface area contributed by atoms with Crippen molar-refractivity contribution in [2.24, 2.45) is 5.73 Å². The van der Waals surface area contributed by atoms with Crippen molar-refractivity contribution in [1.29, 1.82) is 0 Å². The number of nitrogens with two attached hydrogens (primary N) is 1. The molecule has 0 saturated heterocycles. The van der Waals surface area contributed by atoms with Crippen LogP contribution in [0.2, 0.25) is 0 Å². The molecule has 0 aliphatic heterocycles. The molecule has 0 saturated carbocycles. The maximum Gasteiger partial charge on any atom is 0.263 e. The maximum absolute atomic E-state index is 12.4. The summed E-state index contributed by atoms with van der Waals surface area (Å²) in [5, 5.41) is 1.80. The van der Waals surface area contributed by atoms with Gasteiger partial charge in [0.25, 0.3) is 10.0 Å². The molecule has 0 radical (unpaired) electrons. The van der Waals surface area contributed by atoms with Crippen molar-refractivity contribution in [2.75, 3.05) is 4.72 Å². The van der Waals surface area contributed by atoms with E-state index in [1.54, 1.807) is 37.6 Å². The van der Waals surface area contributed by atoms with E-state index in [2.05, 4.69) is 9.71 Å². The molecule has 7 heteroatoms. The molecule has 0 amide bonds. The number of anilines is 1. The molecule has 0 aromatic carbocycles. The molecule has 19 heavy (non-hydrogen) atoms. The Bertz CT molecular complexity index is 693. The van der Waals surface area contributed by atoms with Crippen LogP contribution < -0.4 is 10.5 Å². The fourth-order valence-corrected chi connectivity index (χ4v) is 4.56. The van der Waals surface area contributed by atoms with Crippen molar-refractivity contribution < 1.29 is 8.42 Å². The van der Waals surface area contributed by atoms with Gasteiger partial charge < -0.3 is 5.73 Å². The molecule has 0 atom stereocenters. The lowest BCUT2D eigenvalue weighted by molar-refractivity contribution is 0.600. The summed E-state index contributed by atoms with van der Waals surface area (Å²) in [5.74, 6) is 0. The second-order valence-electron chi connectivity index (χ2n) is 4.17. The molecular weight excluding hydrogens is 282 g/mol. The van der Waals surface area contributed by atoms with Crippen LogP contribution in [0.4, 0.5) is 5.69 Å².